The van der Waals surface area contributed by atoms with Crippen molar-refractivity contribution < 1.29 is 9.53 Å². The van der Waals surface area contributed by atoms with Gasteiger partial charge in [0.1, 0.15) is 11.9 Å². The molecule has 3 nitrogen and oxygen atoms in total. The molecule has 0 saturated heterocycles. The third-order valence-electron chi connectivity index (χ3n) is 2.98. The number of hydrogen-bond acceptors (Lipinski definition) is 3. The predicted octanol–water partition coefficient (Wildman–Crippen LogP) is 4.31. The van der Waals surface area contributed by atoms with E-state index in [1.807, 2.05) is 18.2 Å². The van der Waals surface area contributed by atoms with Crippen LogP contribution in [-0.4, -0.2) is 10.8 Å². The van der Waals surface area contributed by atoms with Gasteiger partial charge in [0.05, 0.1) is 12.0 Å². The Labute approximate surface area is 127 Å². The SMILES string of the molecule is O=C1CC(c2cncc(Br)c2)Oc2cc(Br)ccc21. The van der Waals surface area contributed by atoms with Crippen molar-refractivity contribution in [2.75, 3.05) is 0 Å². The van der Waals surface area contributed by atoms with E-state index < -0.39 is 0 Å². The monoisotopic (exact) mass is 381 g/mol. The molecular formula is C14H9Br2NO2. The Morgan fingerprint density at radius 1 is 1.16 bits per heavy atom. The first-order valence-corrected chi connectivity index (χ1v) is 7.32. The lowest BCUT2D eigenvalue weighted by Gasteiger charge is -2.25. The fraction of sp³-hybridized carbons (Fsp3) is 0.143. The van der Waals surface area contributed by atoms with Crippen LogP contribution in [0.5, 0.6) is 5.75 Å². The van der Waals surface area contributed by atoms with E-state index in [0.29, 0.717) is 17.7 Å². The fourth-order valence-electron chi connectivity index (χ4n) is 2.09. The lowest BCUT2D eigenvalue weighted by Crippen LogP contribution is -2.20. The number of nitrogens with zero attached hydrogens (tertiary/aromatic N) is 1. The number of halogens is 2. The van der Waals surface area contributed by atoms with Crippen LogP contribution in [0.2, 0.25) is 0 Å². The van der Waals surface area contributed by atoms with Crippen molar-refractivity contribution in [3.8, 4) is 5.75 Å². The Kier molecular flexibility index (Phi) is 3.41. The van der Waals surface area contributed by atoms with Crippen molar-refractivity contribution in [1.29, 1.82) is 0 Å². The molecule has 3 rings (SSSR count). The van der Waals surface area contributed by atoms with Gasteiger partial charge in [-0.3, -0.25) is 9.78 Å². The van der Waals surface area contributed by atoms with Crippen LogP contribution in [0.1, 0.15) is 28.4 Å². The van der Waals surface area contributed by atoms with E-state index in [0.717, 1.165) is 14.5 Å². The zero-order valence-corrected chi connectivity index (χ0v) is 12.9. The van der Waals surface area contributed by atoms with Gasteiger partial charge in [0.15, 0.2) is 5.78 Å². The minimum absolute atomic E-state index is 0.0960. The highest BCUT2D eigenvalue weighted by Crippen LogP contribution is 2.36. The average molecular weight is 383 g/mol. The zero-order valence-electron chi connectivity index (χ0n) is 9.77. The summed E-state index contributed by atoms with van der Waals surface area (Å²) in [6.45, 7) is 0. The number of ether oxygens (including phenoxy) is 1. The molecule has 19 heavy (non-hydrogen) atoms. The molecule has 0 N–H and O–H groups in total. The maximum Gasteiger partial charge on any atom is 0.170 e. The van der Waals surface area contributed by atoms with Crippen LogP contribution in [0.25, 0.3) is 0 Å². The number of pyridine rings is 1. The Bertz CT molecular complexity index is 658. The molecule has 0 saturated carbocycles. The van der Waals surface area contributed by atoms with E-state index >= 15 is 0 Å². The molecule has 0 radical (unpaired) electrons. The number of rotatable bonds is 1. The number of fused-ring (bicyclic) bond motifs is 1. The van der Waals surface area contributed by atoms with Gasteiger partial charge in [-0.15, -0.1) is 0 Å². The van der Waals surface area contributed by atoms with Crippen LogP contribution >= 0.6 is 31.9 Å². The lowest BCUT2D eigenvalue weighted by atomic mass is 9.97. The zero-order chi connectivity index (χ0) is 13.4. The van der Waals surface area contributed by atoms with E-state index in [4.69, 9.17) is 4.74 Å². The van der Waals surface area contributed by atoms with Gasteiger partial charge in [0.25, 0.3) is 0 Å². The predicted molar refractivity (Wildman–Crippen MR) is 78.4 cm³/mol. The molecule has 1 aromatic heterocycles. The van der Waals surface area contributed by atoms with E-state index in [2.05, 4.69) is 36.8 Å². The van der Waals surface area contributed by atoms with Gasteiger partial charge in [-0.05, 0) is 40.2 Å². The van der Waals surface area contributed by atoms with Gasteiger partial charge >= 0.3 is 0 Å². The van der Waals surface area contributed by atoms with E-state index in [1.54, 1.807) is 18.5 Å². The van der Waals surface area contributed by atoms with Gasteiger partial charge in [-0.2, -0.15) is 0 Å². The fourth-order valence-corrected chi connectivity index (χ4v) is 2.81. The van der Waals surface area contributed by atoms with Crippen LogP contribution in [0.4, 0.5) is 0 Å². The Morgan fingerprint density at radius 2 is 2.00 bits per heavy atom. The molecule has 1 unspecified atom stereocenters. The van der Waals surface area contributed by atoms with Crippen molar-refractivity contribution in [2.45, 2.75) is 12.5 Å². The molecule has 0 bridgehead atoms. The van der Waals surface area contributed by atoms with Crippen LogP contribution in [-0.2, 0) is 0 Å². The minimum Gasteiger partial charge on any atom is -0.484 e. The molecule has 0 fully saturated rings. The Morgan fingerprint density at radius 3 is 2.79 bits per heavy atom. The number of hydrogen-bond donors (Lipinski definition) is 0. The minimum atomic E-state index is -0.278. The smallest absolute Gasteiger partial charge is 0.170 e. The van der Waals surface area contributed by atoms with Gasteiger partial charge in [-0.1, -0.05) is 15.9 Å². The molecular weight excluding hydrogens is 374 g/mol. The standard InChI is InChI=1S/C14H9Br2NO2/c15-9-1-2-11-12(18)5-13(19-14(11)4-9)8-3-10(16)7-17-6-8/h1-4,6-7,13H,5H2. The number of benzene rings is 1. The number of aromatic nitrogens is 1. The first-order valence-electron chi connectivity index (χ1n) is 5.73. The van der Waals surface area contributed by atoms with Gasteiger partial charge in [0, 0.05) is 26.9 Å². The van der Waals surface area contributed by atoms with Crippen LogP contribution in [0, 0.1) is 0 Å². The number of carbonyl (C=O) groups excluding carboxylic acids is 1. The summed E-state index contributed by atoms with van der Waals surface area (Å²) in [7, 11) is 0. The van der Waals surface area contributed by atoms with Crippen molar-refractivity contribution in [3.63, 3.8) is 0 Å². The van der Waals surface area contributed by atoms with E-state index in [-0.39, 0.29) is 11.9 Å². The second kappa shape index (κ2) is 5.06. The van der Waals surface area contributed by atoms with Gasteiger partial charge in [0.2, 0.25) is 0 Å². The summed E-state index contributed by atoms with van der Waals surface area (Å²) in [5.74, 6) is 0.717. The highest BCUT2D eigenvalue weighted by molar-refractivity contribution is 9.10. The molecule has 1 aromatic carbocycles. The normalized spacial score (nSPS) is 17.8. The van der Waals surface area contributed by atoms with Gasteiger partial charge < -0.3 is 4.74 Å². The van der Waals surface area contributed by atoms with Gasteiger partial charge in [-0.25, -0.2) is 0 Å². The molecule has 2 heterocycles. The molecule has 96 valence electrons. The summed E-state index contributed by atoms with van der Waals surface area (Å²) in [5, 5.41) is 0. The van der Waals surface area contributed by atoms with Crippen LogP contribution in [0.15, 0.2) is 45.6 Å². The van der Waals surface area contributed by atoms with E-state index in [9.17, 15) is 4.79 Å². The molecule has 5 heteroatoms. The molecule has 0 spiro atoms. The second-order valence-corrected chi connectivity index (χ2v) is 6.14. The second-order valence-electron chi connectivity index (χ2n) is 4.31. The lowest BCUT2D eigenvalue weighted by molar-refractivity contribution is 0.0849. The maximum absolute atomic E-state index is 12.1. The highest BCUT2D eigenvalue weighted by atomic mass is 79.9. The van der Waals surface area contributed by atoms with Crippen molar-refractivity contribution in [2.24, 2.45) is 0 Å². The molecule has 1 atom stereocenters. The maximum atomic E-state index is 12.1. The highest BCUT2D eigenvalue weighted by Gasteiger charge is 2.27. The largest absolute Gasteiger partial charge is 0.484 e. The summed E-state index contributed by atoms with van der Waals surface area (Å²) in [4.78, 5) is 16.2. The molecule has 0 aliphatic carbocycles. The summed E-state index contributed by atoms with van der Waals surface area (Å²) in [5.41, 5.74) is 1.54. The Balaban J connectivity index is 1.98. The molecule has 2 aromatic rings. The van der Waals surface area contributed by atoms with Crippen LogP contribution in [0.3, 0.4) is 0 Å². The van der Waals surface area contributed by atoms with E-state index in [1.165, 1.54) is 0 Å². The molecule has 1 aliphatic heterocycles. The molecule has 0 amide bonds. The third-order valence-corrected chi connectivity index (χ3v) is 3.91. The first kappa shape index (κ1) is 12.8. The summed E-state index contributed by atoms with van der Waals surface area (Å²) in [6.07, 6.45) is 3.50. The van der Waals surface area contributed by atoms with Crippen LogP contribution < -0.4 is 4.74 Å². The third kappa shape index (κ3) is 2.58. The van der Waals surface area contributed by atoms with Crippen molar-refractivity contribution >= 4 is 37.6 Å². The molecule has 1 aliphatic rings. The quantitative estimate of drug-likeness (QED) is 0.737. The Hall–Kier alpha value is -1.20. The number of carbonyl (C=O) groups is 1. The summed E-state index contributed by atoms with van der Waals surface area (Å²) in [6, 6.07) is 7.39. The van der Waals surface area contributed by atoms with Crippen molar-refractivity contribution in [3.05, 3.63) is 56.7 Å². The first-order chi connectivity index (χ1) is 9.13. The number of Topliss-reactive ketones (excluding diaryl/α,β-unsaturated/α-hetero) is 1. The summed E-state index contributed by atoms with van der Waals surface area (Å²) >= 11 is 6.76. The van der Waals surface area contributed by atoms with Crippen molar-refractivity contribution in [1.82, 2.24) is 4.98 Å². The average Bonchev–Trinajstić information content (AvgIpc) is 2.38. The summed E-state index contributed by atoms with van der Waals surface area (Å²) < 4.78 is 7.68. The topological polar surface area (TPSA) is 39.2 Å². The number of ketones is 1.